The molecule has 68 valence electrons. The Labute approximate surface area is 82.3 Å². The maximum Gasteiger partial charge on any atom is 0.147 e. The number of nitrogens with zero attached hydrogens (tertiary/aromatic N) is 1. The number of aromatic nitrogens is 1. The van der Waals surface area contributed by atoms with E-state index < -0.39 is 0 Å². The number of halogens is 1. The summed E-state index contributed by atoms with van der Waals surface area (Å²) in [7, 11) is 0. The SMILES string of the molecule is Cl.NNc1nccc2ccccc12. The lowest BCUT2D eigenvalue weighted by atomic mass is 10.2. The second-order valence-corrected chi connectivity index (χ2v) is 2.53. The fourth-order valence-corrected chi connectivity index (χ4v) is 1.23. The molecule has 0 radical (unpaired) electrons. The predicted molar refractivity (Wildman–Crippen MR) is 56.8 cm³/mol. The summed E-state index contributed by atoms with van der Waals surface area (Å²) in [6, 6.07) is 9.92. The van der Waals surface area contributed by atoms with Crippen LogP contribution in [0.1, 0.15) is 0 Å². The van der Waals surface area contributed by atoms with Gasteiger partial charge in [-0.25, -0.2) is 10.8 Å². The molecule has 1 heterocycles. The molecule has 1 aromatic heterocycles. The number of hydrogen-bond donors (Lipinski definition) is 2. The van der Waals surface area contributed by atoms with Crippen LogP contribution < -0.4 is 11.3 Å². The van der Waals surface area contributed by atoms with Gasteiger partial charge in [0.15, 0.2) is 0 Å². The van der Waals surface area contributed by atoms with Crippen LogP contribution in [0.3, 0.4) is 0 Å². The Morgan fingerprint density at radius 3 is 2.69 bits per heavy atom. The zero-order valence-electron chi connectivity index (χ0n) is 6.90. The molecule has 0 saturated heterocycles. The maximum absolute atomic E-state index is 5.30. The fourth-order valence-electron chi connectivity index (χ4n) is 1.23. The molecule has 0 saturated carbocycles. The molecule has 0 fully saturated rings. The number of rotatable bonds is 1. The number of fused-ring (bicyclic) bond motifs is 1. The molecule has 0 amide bonds. The maximum atomic E-state index is 5.30. The lowest BCUT2D eigenvalue weighted by Crippen LogP contribution is -2.08. The minimum atomic E-state index is 0. The summed E-state index contributed by atoms with van der Waals surface area (Å²) in [4.78, 5) is 4.09. The molecule has 2 aromatic rings. The molecule has 0 aliphatic carbocycles. The van der Waals surface area contributed by atoms with Crippen LogP contribution in [0.2, 0.25) is 0 Å². The molecular formula is C9H10ClN3. The van der Waals surface area contributed by atoms with Gasteiger partial charge in [0.1, 0.15) is 5.82 Å². The van der Waals surface area contributed by atoms with Gasteiger partial charge in [-0.05, 0) is 11.5 Å². The van der Waals surface area contributed by atoms with E-state index in [9.17, 15) is 0 Å². The van der Waals surface area contributed by atoms with Gasteiger partial charge in [0.05, 0.1) is 0 Å². The van der Waals surface area contributed by atoms with Crippen LogP contribution in [-0.2, 0) is 0 Å². The highest BCUT2D eigenvalue weighted by atomic mass is 35.5. The third-order valence-corrected chi connectivity index (χ3v) is 1.81. The lowest BCUT2D eigenvalue weighted by molar-refractivity contribution is 1.25. The first kappa shape index (κ1) is 9.77. The summed E-state index contributed by atoms with van der Waals surface area (Å²) in [5.74, 6) is 6.02. The van der Waals surface area contributed by atoms with Crippen molar-refractivity contribution in [3.63, 3.8) is 0 Å². The number of nitrogens with one attached hydrogen (secondary N) is 1. The topological polar surface area (TPSA) is 50.9 Å². The summed E-state index contributed by atoms with van der Waals surface area (Å²) in [5.41, 5.74) is 2.56. The minimum Gasteiger partial charge on any atom is -0.308 e. The van der Waals surface area contributed by atoms with Gasteiger partial charge in [0.2, 0.25) is 0 Å². The molecule has 0 aliphatic rings. The summed E-state index contributed by atoms with van der Waals surface area (Å²) in [6.45, 7) is 0. The van der Waals surface area contributed by atoms with Crippen LogP contribution in [-0.4, -0.2) is 4.98 Å². The Balaban J connectivity index is 0.000000845. The summed E-state index contributed by atoms with van der Waals surface area (Å²) in [5, 5.41) is 2.18. The molecule has 0 aliphatic heterocycles. The van der Waals surface area contributed by atoms with Gasteiger partial charge in [0.25, 0.3) is 0 Å². The highest BCUT2D eigenvalue weighted by molar-refractivity contribution is 5.91. The molecule has 0 bridgehead atoms. The van der Waals surface area contributed by atoms with Gasteiger partial charge in [-0.3, -0.25) is 0 Å². The second-order valence-electron chi connectivity index (χ2n) is 2.53. The third-order valence-electron chi connectivity index (χ3n) is 1.81. The van der Waals surface area contributed by atoms with Gasteiger partial charge in [-0.1, -0.05) is 24.3 Å². The first-order chi connectivity index (χ1) is 5.92. The van der Waals surface area contributed by atoms with E-state index in [0.29, 0.717) is 5.82 Å². The van der Waals surface area contributed by atoms with Crippen LogP contribution in [0, 0.1) is 0 Å². The minimum absolute atomic E-state index is 0. The molecule has 0 unspecified atom stereocenters. The van der Waals surface area contributed by atoms with Gasteiger partial charge in [-0.15, -0.1) is 12.4 Å². The standard InChI is InChI=1S/C9H9N3.ClH/c10-12-9-8-4-2-1-3-7(8)5-6-11-9;/h1-6H,10H2,(H,11,12);1H. The number of nitrogen functional groups attached to an aromatic ring is 1. The van der Waals surface area contributed by atoms with Gasteiger partial charge >= 0.3 is 0 Å². The molecule has 1 aromatic carbocycles. The van der Waals surface area contributed by atoms with Crippen LogP contribution in [0.15, 0.2) is 36.5 Å². The molecule has 2 rings (SSSR count). The fraction of sp³-hybridized carbons (Fsp3) is 0. The van der Waals surface area contributed by atoms with Crippen molar-refractivity contribution >= 4 is 29.0 Å². The normalized spacial score (nSPS) is 9.31. The van der Waals surface area contributed by atoms with Crippen molar-refractivity contribution in [2.75, 3.05) is 5.43 Å². The number of hydrazine groups is 1. The Morgan fingerprint density at radius 1 is 1.15 bits per heavy atom. The summed E-state index contributed by atoms with van der Waals surface area (Å²) < 4.78 is 0. The molecule has 3 N–H and O–H groups in total. The van der Waals surface area contributed by atoms with E-state index in [2.05, 4.69) is 10.4 Å². The van der Waals surface area contributed by atoms with Crippen LogP contribution in [0.25, 0.3) is 10.8 Å². The van der Waals surface area contributed by atoms with E-state index in [-0.39, 0.29) is 12.4 Å². The Hall–Kier alpha value is -1.32. The van der Waals surface area contributed by atoms with Gasteiger partial charge in [0, 0.05) is 11.6 Å². The quantitative estimate of drug-likeness (QED) is 0.540. The van der Waals surface area contributed by atoms with E-state index in [4.69, 9.17) is 5.84 Å². The van der Waals surface area contributed by atoms with Crippen molar-refractivity contribution in [2.45, 2.75) is 0 Å². The number of pyridine rings is 1. The van der Waals surface area contributed by atoms with Crippen molar-refractivity contribution in [2.24, 2.45) is 5.84 Å². The molecule has 3 nitrogen and oxygen atoms in total. The van der Waals surface area contributed by atoms with E-state index in [1.165, 1.54) is 0 Å². The van der Waals surface area contributed by atoms with Crippen LogP contribution in [0.5, 0.6) is 0 Å². The number of hydrogen-bond acceptors (Lipinski definition) is 3. The highest BCUT2D eigenvalue weighted by Gasteiger charge is 1.97. The van der Waals surface area contributed by atoms with Crippen molar-refractivity contribution in [1.82, 2.24) is 4.98 Å². The zero-order chi connectivity index (χ0) is 8.39. The Morgan fingerprint density at radius 2 is 1.92 bits per heavy atom. The zero-order valence-corrected chi connectivity index (χ0v) is 7.71. The van der Waals surface area contributed by atoms with Crippen molar-refractivity contribution in [3.05, 3.63) is 36.5 Å². The van der Waals surface area contributed by atoms with Crippen molar-refractivity contribution < 1.29 is 0 Å². The van der Waals surface area contributed by atoms with Crippen molar-refractivity contribution in [3.8, 4) is 0 Å². The number of anilines is 1. The Bertz CT molecular complexity index is 397. The highest BCUT2D eigenvalue weighted by Crippen LogP contribution is 2.18. The van der Waals surface area contributed by atoms with Crippen LogP contribution >= 0.6 is 12.4 Å². The first-order valence-electron chi connectivity index (χ1n) is 3.72. The van der Waals surface area contributed by atoms with Crippen molar-refractivity contribution in [1.29, 1.82) is 0 Å². The predicted octanol–water partition coefficient (Wildman–Crippen LogP) is 1.94. The lowest BCUT2D eigenvalue weighted by Gasteiger charge is -2.02. The average molecular weight is 196 g/mol. The van der Waals surface area contributed by atoms with E-state index in [1.807, 2.05) is 30.3 Å². The van der Waals surface area contributed by atoms with E-state index in [1.54, 1.807) is 6.20 Å². The Kier molecular flexibility index (Phi) is 3.06. The van der Waals surface area contributed by atoms with E-state index >= 15 is 0 Å². The first-order valence-corrected chi connectivity index (χ1v) is 3.72. The van der Waals surface area contributed by atoms with E-state index in [0.717, 1.165) is 10.8 Å². The summed E-state index contributed by atoms with van der Waals surface area (Å²) in [6.07, 6.45) is 1.73. The van der Waals surface area contributed by atoms with Gasteiger partial charge in [-0.2, -0.15) is 0 Å². The summed E-state index contributed by atoms with van der Waals surface area (Å²) >= 11 is 0. The average Bonchev–Trinajstić information content (AvgIpc) is 2.17. The third kappa shape index (κ3) is 1.71. The monoisotopic (exact) mass is 195 g/mol. The molecule has 0 atom stereocenters. The largest absolute Gasteiger partial charge is 0.308 e. The number of nitrogens with two attached hydrogens (primary N) is 1. The smallest absolute Gasteiger partial charge is 0.147 e. The molecule has 13 heavy (non-hydrogen) atoms. The second kappa shape index (κ2) is 4.07. The number of benzene rings is 1. The van der Waals surface area contributed by atoms with Gasteiger partial charge < -0.3 is 5.43 Å². The molecular weight excluding hydrogens is 186 g/mol. The molecule has 0 spiro atoms. The molecule has 4 heteroatoms. The van der Waals surface area contributed by atoms with Crippen LogP contribution in [0.4, 0.5) is 5.82 Å².